The monoisotopic (exact) mass is 353 g/mol. The number of hydrogen-bond donors (Lipinski definition) is 1. The van der Waals surface area contributed by atoms with E-state index in [1.165, 1.54) is 4.31 Å². The number of rotatable bonds is 3. The SMILES string of the molecule is Cc1cc(S(=O)(=O)N2CC[C@@H](C(=O)O)C2)sc1Br. The molecule has 0 unspecified atom stereocenters. The second-order valence-corrected chi connectivity index (χ2v) is 8.74. The molecule has 1 atom stereocenters. The van der Waals surface area contributed by atoms with Crippen molar-refractivity contribution in [3.05, 3.63) is 15.4 Å². The van der Waals surface area contributed by atoms with E-state index in [0.717, 1.165) is 20.7 Å². The number of nitrogens with zero attached hydrogens (tertiary/aromatic N) is 1. The van der Waals surface area contributed by atoms with Crippen LogP contribution in [-0.4, -0.2) is 36.9 Å². The molecule has 1 fully saturated rings. The molecule has 1 aliphatic rings. The van der Waals surface area contributed by atoms with E-state index in [0.29, 0.717) is 6.42 Å². The summed E-state index contributed by atoms with van der Waals surface area (Å²) in [5, 5.41) is 8.89. The Balaban J connectivity index is 2.25. The molecule has 18 heavy (non-hydrogen) atoms. The summed E-state index contributed by atoms with van der Waals surface area (Å²) in [6.07, 6.45) is 0.375. The number of carboxylic acids is 1. The van der Waals surface area contributed by atoms with E-state index in [1.807, 2.05) is 6.92 Å². The smallest absolute Gasteiger partial charge is 0.307 e. The molecule has 1 aliphatic heterocycles. The Morgan fingerprint density at radius 1 is 1.61 bits per heavy atom. The highest BCUT2D eigenvalue weighted by Crippen LogP contribution is 2.34. The predicted molar refractivity (Wildman–Crippen MR) is 71.3 cm³/mol. The number of hydrogen-bond acceptors (Lipinski definition) is 4. The minimum Gasteiger partial charge on any atom is -0.481 e. The van der Waals surface area contributed by atoms with Crippen LogP contribution in [-0.2, 0) is 14.8 Å². The second kappa shape index (κ2) is 4.92. The maximum Gasteiger partial charge on any atom is 0.307 e. The molecule has 0 saturated carbocycles. The van der Waals surface area contributed by atoms with Crippen molar-refractivity contribution < 1.29 is 18.3 Å². The maximum absolute atomic E-state index is 12.3. The van der Waals surface area contributed by atoms with Crippen LogP contribution in [0.3, 0.4) is 0 Å². The number of aryl methyl sites for hydroxylation is 1. The zero-order chi connectivity index (χ0) is 13.5. The van der Waals surface area contributed by atoms with Gasteiger partial charge in [0.2, 0.25) is 0 Å². The van der Waals surface area contributed by atoms with E-state index in [-0.39, 0.29) is 17.3 Å². The van der Waals surface area contributed by atoms with Crippen LogP contribution in [0.1, 0.15) is 12.0 Å². The predicted octanol–water partition coefficient (Wildman–Crippen LogP) is 1.91. The lowest BCUT2D eigenvalue weighted by Gasteiger charge is -2.14. The fourth-order valence-electron chi connectivity index (χ4n) is 1.83. The standard InChI is InChI=1S/C10H12BrNO4S2/c1-6-4-8(17-9(6)11)18(15,16)12-3-2-7(5-12)10(13)14/h4,7H,2-3,5H2,1H3,(H,13,14)/t7-/m1/s1. The maximum atomic E-state index is 12.3. The molecule has 0 radical (unpaired) electrons. The minimum atomic E-state index is -3.55. The number of carboxylic acid groups (broad SMARTS) is 1. The fraction of sp³-hybridized carbons (Fsp3) is 0.500. The molecule has 5 nitrogen and oxygen atoms in total. The quantitative estimate of drug-likeness (QED) is 0.900. The number of thiophene rings is 1. The van der Waals surface area contributed by atoms with Crippen molar-refractivity contribution >= 4 is 43.3 Å². The minimum absolute atomic E-state index is 0.0617. The number of sulfonamides is 1. The van der Waals surface area contributed by atoms with Crippen LogP contribution in [0.2, 0.25) is 0 Å². The van der Waals surface area contributed by atoms with Crippen LogP contribution < -0.4 is 0 Å². The summed E-state index contributed by atoms with van der Waals surface area (Å²) >= 11 is 4.45. The van der Waals surface area contributed by atoms with Gasteiger partial charge in [0, 0.05) is 13.1 Å². The Morgan fingerprint density at radius 2 is 2.28 bits per heavy atom. The molecule has 1 N–H and O–H groups in total. The summed E-state index contributed by atoms with van der Waals surface area (Å²) in [5.74, 6) is -1.53. The lowest BCUT2D eigenvalue weighted by molar-refractivity contribution is -0.141. The fourth-order valence-corrected chi connectivity index (χ4v) is 5.72. The molecule has 0 amide bonds. The molecule has 0 spiro atoms. The largest absolute Gasteiger partial charge is 0.481 e. The lowest BCUT2D eigenvalue weighted by Crippen LogP contribution is -2.29. The van der Waals surface area contributed by atoms with Gasteiger partial charge in [-0.1, -0.05) is 0 Å². The molecule has 1 aromatic heterocycles. The van der Waals surface area contributed by atoms with Gasteiger partial charge in [0.05, 0.1) is 9.70 Å². The van der Waals surface area contributed by atoms with Crippen LogP contribution in [0.4, 0.5) is 0 Å². The van der Waals surface area contributed by atoms with Crippen molar-refractivity contribution in [3.63, 3.8) is 0 Å². The highest BCUT2D eigenvalue weighted by Gasteiger charge is 2.36. The topological polar surface area (TPSA) is 74.7 Å². The summed E-state index contributed by atoms with van der Waals surface area (Å²) in [4.78, 5) is 10.8. The van der Waals surface area contributed by atoms with Crippen molar-refractivity contribution in [1.29, 1.82) is 0 Å². The van der Waals surface area contributed by atoms with Crippen LogP contribution in [0.15, 0.2) is 14.1 Å². The van der Waals surface area contributed by atoms with E-state index in [1.54, 1.807) is 6.07 Å². The molecule has 1 aromatic rings. The Morgan fingerprint density at radius 3 is 2.72 bits per heavy atom. The van der Waals surface area contributed by atoms with Gasteiger partial charge in [-0.25, -0.2) is 8.42 Å². The summed E-state index contributed by atoms with van der Waals surface area (Å²) in [5.41, 5.74) is 0.868. The molecule has 1 saturated heterocycles. The van der Waals surface area contributed by atoms with Gasteiger partial charge in [-0.15, -0.1) is 11.3 Å². The van der Waals surface area contributed by atoms with E-state index < -0.39 is 21.9 Å². The van der Waals surface area contributed by atoms with Crippen molar-refractivity contribution in [2.75, 3.05) is 13.1 Å². The van der Waals surface area contributed by atoms with Gasteiger partial charge in [-0.2, -0.15) is 4.31 Å². The number of carbonyl (C=O) groups is 1. The molecule has 0 aliphatic carbocycles. The second-order valence-electron chi connectivity index (χ2n) is 4.21. The Bertz CT molecular complexity index is 561. The third kappa shape index (κ3) is 2.47. The van der Waals surface area contributed by atoms with E-state index in [2.05, 4.69) is 15.9 Å². The average molecular weight is 354 g/mol. The normalized spacial score (nSPS) is 21.3. The molecule has 0 bridgehead atoms. The van der Waals surface area contributed by atoms with Gasteiger partial charge in [-0.05, 0) is 40.9 Å². The van der Waals surface area contributed by atoms with Gasteiger partial charge < -0.3 is 5.11 Å². The molecule has 8 heteroatoms. The van der Waals surface area contributed by atoms with Crippen molar-refractivity contribution in [2.45, 2.75) is 17.6 Å². The van der Waals surface area contributed by atoms with Crippen molar-refractivity contribution in [1.82, 2.24) is 4.31 Å². The first-order chi connectivity index (χ1) is 8.32. The summed E-state index contributed by atoms with van der Waals surface area (Å²) in [7, 11) is -3.55. The third-order valence-corrected chi connectivity index (χ3v) is 7.38. The van der Waals surface area contributed by atoms with Crippen LogP contribution in [0.25, 0.3) is 0 Å². The Kier molecular flexibility index (Phi) is 3.82. The molecular weight excluding hydrogens is 342 g/mol. The first-order valence-electron chi connectivity index (χ1n) is 5.31. The van der Waals surface area contributed by atoms with Crippen LogP contribution >= 0.6 is 27.3 Å². The molecule has 2 rings (SSSR count). The molecule has 2 heterocycles. The van der Waals surface area contributed by atoms with E-state index >= 15 is 0 Å². The molecule has 0 aromatic carbocycles. The van der Waals surface area contributed by atoms with Crippen LogP contribution in [0.5, 0.6) is 0 Å². The zero-order valence-corrected chi connectivity index (χ0v) is 12.8. The Labute approximate surface area is 118 Å². The zero-order valence-electron chi connectivity index (χ0n) is 9.59. The van der Waals surface area contributed by atoms with Gasteiger partial charge >= 0.3 is 5.97 Å². The Hall–Kier alpha value is -0.440. The van der Waals surface area contributed by atoms with Gasteiger partial charge in [0.1, 0.15) is 4.21 Å². The van der Waals surface area contributed by atoms with Crippen molar-refractivity contribution in [2.24, 2.45) is 5.92 Å². The number of halogens is 1. The summed E-state index contributed by atoms with van der Waals surface area (Å²) < 4.78 is 26.9. The van der Waals surface area contributed by atoms with Crippen LogP contribution in [0, 0.1) is 12.8 Å². The van der Waals surface area contributed by atoms with Gasteiger partial charge in [0.25, 0.3) is 10.0 Å². The highest BCUT2D eigenvalue weighted by molar-refractivity contribution is 9.11. The lowest BCUT2D eigenvalue weighted by atomic mass is 10.1. The molecule has 100 valence electrons. The first kappa shape index (κ1) is 14.0. The summed E-state index contributed by atoms with van der Waals surface area (Å²) in [6.45, 7) is 2.16. The van der Waals surface area contributed by atoms with E-state index in [4.69, 9.17) is 5.11 Å². The molecular formula is C10H12BrNO4S2. The van der Waals surface area contributed by atoms with Gasteiger partial charge in [0.15, 0.2) is 0 Å². The highest BCUT2D eigenvalue weighted by atomic mass is 79.9. The summed E-state index contributed by atoms with van der Waals surface area (Å²) in [6, 6.07) is 1.61. The average Bonchev–Trinajstić information content (AvgIpc) is 2.87. The van der Waals surface area contributed by atoms with Crippen molar-refractivity contribution in [3.8, 4) is 0 Å². The van der Waals surface area contributed by atoms with Gasteiger partial charge in [-0.3, -0.25) is 4.79 Å². The number of aliphatic carboxylic acids is 1. The first-order valence-corrected chi connectivity index (χ1v) is 8.36. The third-order valence-electron chi connectivity index (χ3n) is 2.93. The van der Waals surface area contributed by atoms with E-state index in [9.17, 15) is 13.2 Å².